The zero-order valence-corrected chi connectivity index (χ0v) is 41.0. The van der Waals surface area contributed by atoms with Crippen molar-refractivity contribution in [3.63, 3.8) is 0 Å². The standard InChI is InChI=1S/C53H101NO10/c1-3-5-7-9-11-13-15-17-19-20-21-22-23-24-25-27-28-30-32-34-36-38-40-45(56)48(58)44(43-63-53-51(61)50(60)49(59)47(42-55)64-53)54-52(62)46(57)41-39-37-35-33-31-29-26-18-16-14-12-10-8-6-4-2/h25,27,32,34,44-51,53,55-61H,3-24,26,28-31,33,35-43H2,1-2H3,(H,54,62)/b27-25+,34-32+. The number of rotatable bonds is 45. The predicted octanol–water partition coefficient (Wildman–Crippen LogP) is 10.2. The maximum absolute atomic E-state index is 13.1. The quantitative estimate of drug-likeness (QED) is 0.0216. The van der Waals surface area contributed by atoms with E-state index in [0.717, 1.165) is 38.5 Å². The van der Waals surface area contributed by atoms with Gasteiger partial charge in [0.2, 0.25) is 5.91 Å². The number of carbonyl (C=O) groups excluding carboxylic acids is 1. The summed E-state index contributed by atoms with van der Waals surface area (Å²) in [7, 11) is 0. The molecule has 0 bridgehead atoms. The van der Waals surface area contributed by atoms with E-state index in [2.05, 4.69) is 43.5 Å². The number of aliphatic hydroxyl groups is 7. The Bertz CT molecular complexity index is 1090. The Hall–Kier alpha value is -1.41. The fourth-order valence-electron chi connectivity index (χ4n) is 8.58. The van der Waals surface area contributed by atoms with E-state index < -0.39 is 74.2 Å². The summed E-state index contributed by atoms with van der Waals surface area (Å²) in [5, 5.41) is 75.9. The van der Waals surface area contributed by atoms with Gasteiger partial charge in [-0.2, -0.15) is 0 Å². The lowest BCUT2D eigenvalue weighted by Gasteiger charge is -2.40. The first kappa shape index (κ1) is 60.6. The molecule has 1 saturated heterocycles. The van der Waals surface area contributed by atoms with Crippen LogP contribution in [0.5, 0.6) is 0 Å². The van der Waals surface area contributed by atoms with Crippen molar-refractivity contribution in [1.29, 1.82) is 0 Å². The van der Waals surface area contributed by atoms with Crippen LogP contribution < -0.4 is 5.32 Å². The van der Waals surface area contributed by atoms with E-state index >= 15 is 0 Å². The number of allylic oxidation sites excluding steroid dienone is 4. The minimum atomic E-state index is -1.67. The maximum atomic E-state index is 13.1. The van der Waals surface area contributed by atoms with E-state index in [1.807, 2.05) is 0 Å². The molecule has 1 aliphatic heterocycles. The van der Waals surface area contributed by atoms with Crippen molar-refractivity contribution in [2.24, 2.45) is 0 Å². The van der Waals surface area contributed by atoms with E-state index in [9.17, 15) is 40.5 Å². The van der Waals surface area contributed by atoms with Crippen LogP contribution in [0.3, 0.4) is 0 Å². The maximum Gasteiger partial charge on any atom is 0.249 e. The van der Waals surface area contributed by atoms with Crippen molar-refractivity contribution < 1.29 is 50.0 Å². The summed E-state index contributed by atoms with van der Waals surface area (Å²) in [6.45, 7) is 3.44. The molecule has 0 saturated carbocycles. The minimum absolute atomic E-state index is 0.249. The first-order valence-electron chi connectivity index (χ1n) is 26.7. The molecule has 8 N–H and O–H groups in total. The van der Waals surface area contributed by atoms with Gasteiger partial charge in [0.15, 0.2) is 6.29 Å². The molecule has 0 aromatic heterocycles. The molecule has 64 heavy (non-hydrogen) atoms. The molecule has 0 radical (unpaired) electrons. The molecule has 1 rings (SSSR count). The van der Waals surface area contributed by atoms with E-state index in [1.54, 1.807) is 0 Å². The van der Waals surface area contributed by atoms with Crippen LogP contribution in [0.2, 0.25) is 0 Å². The zero-order chi connectivity index (χ0) is 46.9. The highest BCUT2D eigenvalue weighted by Gasteiger charge is 2.44. The van der Waals surface area contributed by atoms with Gasteiger partial charge >= 0.3 is 0 Å². The van der Waals surface area contributed by atoms with Crippen molar-refractivity contribution >= 4 is 5.91 Å². The third kappa shape index (κ3) is 31.5. The van der Waals surface area contributed by atoms with Crippen molar-refractivity contribution in [1.82, 2.24) is 5.32 Å². The third-order valence-corrected chi connectivity index (χ3v) is 13.0. The monoisotopic (exact) mass is 912 g/mol. The van der Waals surface area contributed by atoms with Gasteiger partial charge in [-0.3, -0.25) is 4.79 Å². The molecule has 11 nitrogen and oxygen atoms in total. The normalized spacial score (nSPS) is 21.2. The zero-order valence-electron chi connectivity index (χ0n) is 41.0. The van der Waals surface area contributed by atoms with Crippen LogP contribution >= 0.6 is 0 Å². The second-order valence-corrected chi connectivity index (χ2v) is 18.9. The molecule has 378 valence electrons. The van der Waals surface area contributed by atoms with E-state index in [1.165, 1.54) is 154 Å². The summed E-state index contributed by atoms with van der Waals surface area (Å²) in [6.07, 6.45) is 38.0. The second kappa shape index (κ2) is 42.9. The van der Waals surface area contributed by atoms with Crippen LogP contribution in [-0.2, 0) is 14.3 Å². The van der Waals surface area contributed by atoms with Crippen molar-refractivity contribution in [2.75, 3.05) is 13.2 Å². The molecule has 9 atom stereocenters. The van der Waals surface area contributed by atoms with Crippen LogP contribution in [0.15, 0.2) is 24.3 Å². The highest BCUT2D eigenvalue weighted by atomic mass is 16.7. The summed E-state index contributed by atoms with van der Waals surface area (Å²) >= 11 is 0. The molecule has 1 aliphatic rings. The van der Waals surface area contributed by atoms with Gasteiger partial charge in [-0.1, -0.05) is 212 Å². The summed E-state index contributed by atoms with van der Waals surface area (Å²) in [4.78, 5) is 13.1. The lowest BCUT2D eigenvalue weighted by molar-refractivity contribution is -0.303. The minimum Gasteiger partial charge on any atom is -0.394 e. The molecule has 1 heterocycles. The number of amides is 1. The molecule has 0 aromatic rings. The van der Waals surface area contributed by atoms with Crippen LogP contribution in [0.25, 0.3) is 0 Å². The average molecular weight is 912 g/mol. The Balaban J connectivity index is 2.39. The first-order valence-corrected chi connectivity index (χ1v) is 26.7. The van der Waals surface area contributed by atoms with Crippen molar-refractivity contribution in [2.45, 2.75) is 294 Å². The Morgan fingerprint density at radius 1 is 0.531 bits per heavy atom. The third-order valence-electron chi connectivity index (χ3n) is 13.0. The Labute approximate surface area is 391 Å². The fourth-order valence-corrected chi connectivity index (χ4v) is 8.58. The molecular weight excluding hydrogens is 811 g/mol. The average Bonchev–Trinajstić information content (AvgIpc) is 3.29. The van der Waals surface area contributed by atoms with E-state index in [4.69, 9.17) is 9.47 Å². The topological polar surface area (TPSA) is 189 Å². The van der Waals surface area contributed by atoms with Gasteiger partial charge in [0, 0.05) is 0 Å². The Morgan fingerprint density at radius 2 is 0.938 bits per heavy atom. The number of unbranched alkanes of at least 4 members (excludes halogenated alkanes) is 29. The summed E-state index contributed by atoms with van der Waals surface area (Å²) in [6, 6.07) is -1.19. The van der Waals surface area contributed by atoms with Crippen molar-refractivity contribution in [3.8, 4) is 0 Å². The Morgan fingerprint density at radius 3 is 1.39 bits per heavy atom. The largest absolute Gasteiger partial charge is 0.394 e. The number of nitrogens with one attached hydrogen (secondary N) is 1. The number of hydrogen-bond acceptors (Lipinski definition) is 10. The molecule has 11 heteroatoms. The van der Waals surface area contributed by atoms with Gasteiger partial charge in [-0.25, -0.2) is 0 Å². The molecule has 0 aromatic carbocycles. The predicted molar refractivity (Wildman–Crippen MR) is 261 cm³/mol. The summed E-state index contributed by atoms with van der Waals surface area (Å²) in [5.41, 5.74) is 0. The van der Waals surface area contributed by atoms with Gasteiger partial charge in [0.1, 0.15) is 36.6 Å². The van der Waals surface area contributed by atoms with E-state index in [-0.39, 0.29) is 12.8 Å². The lowest BCUT2D eigenvalue weighted by Crippen LogP contribution is -2.60. The second-order valence-electron chi connectivity index (χ2n) is 18.9. The lowest BCUT2D eigenvalue weighted by atomic mass is 9.98. The van der Waals surface area contributed by atoms with Gasteiger partial charge in [-0.05, 0) is 51.4 Å². The first-order chi connectivity index (χ1) is 31.2. The number of hydrogen-bond donors (Lipinski definition) is 8. The fraction of sp³-hybridized carbons (Fsp3) is 0.906. The van der Waals surface area contributed by atoms with Crippen LogP contribution in [0.1, 0.15) is 239 Å². The molecule has 1 amide bonds. The van der Waals surface area contributed by atoms with Crippen LogP contribution in [0, 0.1) is 0 Å². The van der Waals surface area contributed by atoms with Crippen molar-refractivity contribution in [3.05, 3.63) is 24.3 Å². The summed E-state index contributed by atoms with van der Waals surface area (Å²) < 4.78 is 11.1. The van der Waals surface area contributed by atoms with Gasteiger partial charge < -0.3 is 50.5 Å². The Kier molecular flexibility index (Phi) is 40.6. The number of aliphatic hydroxyl groups excluding tert-OH is 7. The highest BCUT2D eigenvalue weighted by molar-refractivity contribution is 5.80. The van der Waals surface area contributed by atoms with Crippen LogP contribution in [-0.4, -0.2) is 110 Å². The highest BCUT2D eigenvalue weighted by Crippen LogP contribution is 2.23. The smallest absolute Gasteiger partial charge is 0.249 e. The molecule has 1 fully saturated rings. The van der Waals surface area contributed by atoms with Gasteiger partial charge in [-0.15, -0.1) is 0 Å². The number of carbonyl (C=O) groups is 1. The van der Waals surface area contributed by atoms with Crippen LogP contribution in [0.4, 0.5) is 0 Å². The summed E-state index contributed by atoms with van der Waals surface area (Å²) in [5.74, 6) is -0.708. The van der Waals surface area contributed by atoms with Gasteiger partial charge in [0.25, 0.3) is 0 Å². The van der Waals surface area contributed by atoms with Gasteiger partial charge in [0.05, 0.1) is 25.4 Å². The SMILES string of the molecule is CCCCCCCCCCCCCCC/C=C/CC/C=C/CCCC(O)C(O)C(COC1OC(CO)C(O)C(O)C1O)NC(=O)C(O)CCCCCCCCCCCCCCCCC. The molecule has 0 spiro atoms. The number of ether oxygens (including phenoxy) is 2. The molecular formula is C53H101NO10. The van der Waals surface area contributed by atoms with E-state index in [0.29, 0.717) is 19.3 Å². The molecule has 0 aliphatic carbocycles. The molecule has 9 unspecified atom stereocenters.